The molecule has 16 nitrogen and oxygen atoms in total. The molecule has 5 heterocycles. The molecule has 0 bridgehead atoms. The van der Waals surface area contributed by atoms with Gasteiger partial charge >= 0.3 is 0 Å². The van der Waals surface area contributed by atoms with Gasteiger partial charge in [0.2, 0.25) is 11.8 Å². The van der Waals surface area contributed by atoms with E-state index in [0.717, 1.165) is 48.6 Å². The lowest BCUT2D eigenvalue weighted by Crippen LogP contribution is -2.54. The van der Waals surface area contributed by atoms with E-state index in [-0.39, 0.29) is 30.0 Å². The van der Waals surface area contributed by atoms with E-state index >= 15 is 0 Å². The summed E-state index contributed by atoms with van der Waals surface area (Å²) in [5, 5.41) is 5.35. The Labute approximate surface area is 289 Å². The highest BCUT2D eigenvalue weighted by molar-refractivity contribution is 6.25. The summed E-state index contributed by atoms with van der Waals surface area (Å²) in [6, 6.07) is 4.20. The zero-order valence-electron chi connectivity index (χ0n) is 28.0. The van der Waals surface area contributed by atoms with Gasteiger partial charge in [0.15, 0.2) is 0 Å². The highest BCUT2D eigenvalue weighted by atomic mass is 16.6. The van der Waals surface area contributed by atoms with Gasteiger partial charge in [-0.05, 0) is 44.4 Å². The number of rotatable bonds is 19. The number of imide groups is 2. The first-order valence-corrected chi connectivity index (χ1v) is 17.1. The second kappa shape index (κ2) is 17.0. The van der Waals surface area contributed by atoms with Crippen molar-refractivity contribution in [3.8, 4) is 0 Å². The molecule has 0 saturated carbocycles. The van der Waals surface area contributed by atoms with Crippen LogP contribution in [0.4, 0.5) is 11.5 Å². The monoisotopic (exact) mass is 692 g/mol. The Bertz CT molecular complexity index is 1680. The Kier molecular flexibility index (Phi) is 12.0. The molecule has 0 radical (unpaired) electrons. The Balaban J connectivity index is 0.773. The summed E-state index contributed by atoms with van der Waals surface area (Å²) in [6.45, 7) is 6.11. The van der Waals surface area contributed by atoms with Crippen molar-refractivity contribution in [2.24, 2.45) is 0 Å². The molecular weight excluding hydrogens is 648 g/mol. The van der Waals surface area contributed by atoms with E-state index < -0.39 is 29.7 Å². The molecule has 50 heavy (non-hydrogen) atoms. The van der Waals surface area contributed by atoms with Crippen LogP contribution in [0.1, 0.15) is 64.7 Å². The predicted octanol–water partition coefficient (Wildman–Crippen LogP) is 1.42. The molecule has 6 rings (SSSR count). The first-order chi connectivity index (χ1) is 24.4. The van der Waals surface area contributed by atoms with E-state index in [2.05, 4.69) is 25.5 Å². The number of nitrogens with zero attached hydrogens (tertiary/aromatic N) is 5. The van der Waals surface area contributed by atoms with E-state index in [1.54, 1.807) is 30.6 Å². The van der Waals surface area contributed by atoms with Gasteiger partial charge in [0.1, 0.15) is 23.2 Å². The minimum absolute atomic E-state index is 0.0710. The Morgan fingerprint density at radius 3 is 2.38 bits per heavy atom. The van der Waals surface area contributed by atoms with Crippen molar-refractivity contribution in [2.45, 2.75) is 44.2 Å². The van der Waals surface area contributed by atoms with Crippen molar-refractivity contribution < 1.29 is 38.1 Å². The highest BCUT2D eigenvalue weighted by Gasteiger charge is 2.45. The van der Waals surface area contributed by atoms with Crippen LogP contribution in [0.2, 0.25) is 0 Å². The van der Waals surface area contributed by atoms with Crippen LogP contribution in [0, 0.1) is 0 Å². The van der Waals surface area contributed by atoms with Gasteiger partial charge in [-0.15, -0.1) is 0 Å². The fourth-order valence-electron chi connectivity index (χ4n) is 6.65. The van der Waals surface area contributed by atoms with E-state index in [0.29, 0.717) is 70.9 Å². The van der Waals surface area contributed by atoms with Crippen molar-refractivity contribution in [1.29, 1.82) is 0 Å². The number of piperidine rings is 1. The molecule has 2 fully saturated rings. The zero-order valence-corrected chi connectivity index (χ0v) is 28.0. The number of ether oxygens (including phenoxy) is 4. The van der Waals surface area contributed by atoms with Gasteiger partial charge in [-0.3, -0.25) is 38.7 Å². The van der Waals surface area contributed by atoms with Crippen molar-refractivity contribution in [1.82, 2.24) is 29.5 Å². The average molecular weight is 693 g/mol. The van der Waals surface area contributed by atoms with Gasteiger partial charge < -0.3 is 30.0 Å². The summed E-state index contributed by atoms with van der Waals surface area (Å²) < 4.78 is 24.6. The first-order valence-electron chi connectivity index (χ1n) is 17.1. The number of amides is 4. The number of nitrogens with two attached hydrogens (primary N) is 1. The van der Waals surface area contributed by atoms with Crippen LogP contribution in [0.25, 0.3) is 5.52 Å². The third kappa shape index (κ3) is 8.11. The molecule has 268 valence electrons. The van der Waals surface area contributed by atoms with Crippen molar-refractivity contribution in [2.75, 3.05) is 83.5 Å². The van der Waals surface area contributed by atoms with E-state index in [4.69, 9.17) is 24.7 Å². The molecule has 3 aromatic rings. The molecule has 0 spiro atoms. The maximum absolute atomic E-state index is 13.2. The number of hydrogen-bond acceptors (Lipinski definition) is 13. The van der Waals surface area contributed by atoms with Gasteiger partial charge in [-0.2, -0.15) is 0 Å². The average Bonchev–Trinajstić information content (AvgIpc) is 3.82. The number of hydrogen-bond donors (Lipinski definition) is 3. The smallest absolute Gasteiger partial charge is 0.264 e. The number of carbonyl (C=O) groups excluding carboxylic acids is 4. The molecule has 4 N–H and O–H groups in total. The van der Waals surface area contributed by atoms with Gasteiger partial charge in [-0.1, -0.05) is 6.07 Å². The number of imidazole rings is 1. The number of likely N-dealkylation sites (tertiary alicyclic amines) is 1. The van der Waals surface area contributed by atoms with E-state index in [1.807, 2.05) is 10.6 Å². The topological polar surface area (TPSA) is 192 Å². The molecule has 16 heteroatoms. The highest BCUT2D eigenvalue weighted by Crippen LogP contribution is 2.33. The number of fused-ring (bicyclic) bond motifs is 2. The minimum atomic E-state index is -1.00. The van der Waals surface area contributed by atoms with Crippen LogP contribution < -0.4 is 16.4 Å². The molecule has 4 amide bonds. The Morgan fingerprint density at radius 2 is 1.62 bits per heavy atom. The Hall–Kier alpha value is -4.48. The first kappa shape index (κ1) is 35.3. The molecule has 2 aromatic heterocycles. The standard InChI is InChI=1S/C34H44N8O8/c35-30-27-22-38-31(41(27)13-9-37-30)25-6-2-11-40(25)12-3-14-47-16-18-49-20-21-50-19-17-48-15-10-36-24-5-1-4-23-29(24)34(46)42(33(23)45)26-7-8-28(43)39-32(26)44/h1,4-5,9,13,22,25-26,36H,2-3,6-8,10-12,14-21H2,(H2,35,37)(H,39,43,44)/t25-,26?/m0/s1. The molecule has 1 unspecified atom stereocenters. The zero-order chi connectivity index (χ0) is 34.9. The van der Waals surface area contributed by atoms with Crippen molar-refractivity contribution in [3.05, 3.63) is 53.7 Å². The summed E-state index contributed by atoms with van der Waals surface area (Å²) in [4.78, 5) is 62.2. The number of aromatic nitrogens is 3. The lowest BCUT2D eigenvalue weighted by atomic mass is 10.0. The number of carbonyl (C=O) groups is 4. The summed E-state index contributed by atoms with van der Waals surface area (Å²) in [5.74, 6) is -0.638. The normalized spacial score (nSPS) is 19.5. The summed E-state index contributed by atoms with van der Waals surface area (Å²) in [7, 11) is 0. The number of anilines is 2. The fourth-order valence-corrected chi connectivity index (χ4v) is 6.65. The molecule has 0 aliphatic carbocycles. The van der Waals surface area contributed by atoms with Gasteiger partial charge in [-0.25, -0.2) is 9.97 Å². The molecule has 3 aliphatic rings. The van der Waals surface area contributed by atoms with Crippen LogP contribution in [0.5, 0.6) is 0 Å². The molecule has 2 atom stereocenters. The second-order valence-corrected chi connectivity index (χ2v) is 12.3. The second-order valence-electron chi connectivity index (χ2n) is 12.3. The van der Waals surface area contributed by atoms with Crippen molar-refractivity contribution >= 4 is 40.7 Å². The van der Waals surface area contributed by atoms with Gasteiger partial charge in [0.25, 0.3) is 11.8 Å². The van der Waals surface area contributed by atoms with Gasteiger partial charge in [0.05, 0.1) is 69.6 Å². The van der Waals surface area contributed by atoms with E-state index in [9.17, 15) is 19.2 Å². The van der Waals surface area contributed by atoms with Crippen LogP contribution in [-0.2, 0) is 28.5 Å². The van der Waals surface area contributed by atoms with Crippen LogP contribution in [0.3, 0.4) is 0 Å². The Morgan fingerprint density at radius 1 is 0.880 bits per heavy atom. The van der Waals surface area contributed by atoms with Crippen LogP contribution >= 0.6 is 0 Å². The maximum atomic E-state index is 13.2. The maximum Gasteiger partial charge on any atom is 0.264 e. The molecule has 1 aromatic carbocycles. The summed E-state index contributed by atoms with van der Waals surface area (Å²) in [6.07, 6.45) is 8.75. The SMILES string of the molecule is Nc1nccn2c([C@@H]3CCCN3CCCOCCOCCOCCOCCNc3cccc4c3C(=O)N(C3CCC(=O)NC3=O)C4=O)ncc12. The lowest BCUT2D eigenvalue weighted by Gasteiger charge is -2.27. The third-order valence-electron chi connectivity index (χ3n) is 9.06. The van der Waals surface area contributed by atoms with Gasteiger partial charge in [0, 0.05) is 44.2 Å². The molecular formula is C34H44N8O8. The van der Waals surface area contributed by atoms with E-state index in [1.165, 1.54) is 0 Å². The summed E-state index contributed by atoms with van der Waals surface area (Å²) in [5.41, 5.74) is 7.78. The van der Waals surface area contributed by atoms with Crippen LogP contribution in [-0.4, -0.2) is 126 Å². The molecule has 3 aliphatic heterocycles. The number of nitrogens with one attached hydrogen (secondary N) is 2. The fraction of sp³-hybridized carbons (Fsp3) is 0.529. The quantitative estimate of drug-likeness (QED) is 0.121. The molecule has 2 saturated heterocycles. The largest absolute Gasteiger partial charge is 0.382 e. The minimum Gasteiger partial charge on any atom is -0.382 e. The number of nitrogen functional groups attached to an aromatic ring is 1. The van der Waals surface area contributed by atoms with Crippen LogP contribution in [0.15, 0.2) is 36.8 Å². The third-order valence-corrected chi connectivity index (χ3v) is 9.06. The lowest BCUT2D eigenvalue weighted by molar-refractivity contribution is -0.136. The summed E-state index contributed by atoms with van der Waals surface area (Å²) >= 11 is 0. The van der Waals surface area contributed by atoms with Crippen molar-refractivity contribution in [3.63, 3.8) is 0 Å². The number of benzene rings is 1. The predicted molar refractivity (Wildman–Crippen MR) is 180 cm³/mol.